The average Bonchev–Trinajstić information content (AvgIpc) is 3.28. The van der Waals surface area contributed by atoms with Crippen LogP contribution in [0.3, 0.4) is 0 Å². The van der Waals surface area contributed by atoms with Crippen LogP contribution in [0, 0.1) is 5.92 Å². The van der Waals surface area contributed by atoms with Gasteiger partial charge in [0, 0.05) is 17.1 Å². The van der Waals surface area contributed by atoms with E-state index < -0.39 is 0 Å². The lowest BCUT2D eigenvalue weighted by Crippen LogP contribution is -2.25. The van der Waals surface area contributed by atoms with Crippen molar-refractivity contribution in [2.45, 2.75) is 51.5 Å². The maximum Gasteiger partial charge on any atom is 0.263 e. The number of fused-ring (bicyclic) bond motifs is 2. The zero-order valence-electron chi connectivity index (χ0n) is 12.8. The maximum absolute atomic E-state index is 12.3. The highest BCUT2D eigenvalue weighted by atomic mass is 32.1. The van der Waals surface area contributed by atoms with Crippen LogP contribution in [0.2, 0.25) is 0 Å². The van der Waals surface area contributed by atoms with E-state index in [0.717, 1.165) is 41.8 Å². The van der Waals surface area contributed by atoms with E-state index in [-0.39, 0.29) is 5.91 Å². The highest BCUT2D eigenvalue weighted by Gasteiger charge is 2.27. The van der Waals surface area contributed by atoms with Gasteiger partial charge in [0.1, 0.15) is 9.71 Å². The van der Waals surface area contributed by atoms with Gasteiger partial charge in [-0.2, -0.15) is 0 Å². The van der Waals surface area contributed by atoms with Crippen LogP contribution in [0.4, 0.5) is 5.69 Å². The molecule has 4 rings (SSSR count). The molecule has 0 spiro atoms. The molecule has 1 fully saturated rings. The van der Waals surface area contributed by atoms with Crippen LogP contribution in [0.5, 0.6) is 0 Å². The predicted molar refractivity (Wildman–Crippen MR) is 90.3 cm³/mol. The number of thiophene rings is 1. The van der Waals surface area contributed by atoms with E-state index in [4.69, 9.17) is 10.7 Å². The van der Waals surface area contributed by atoms with E-state index in [2.05, 4.69) is 18.3 Å². The second-order valence-corrected chi connectivity index (χ2v) is 7.56. The number of nitrogens with one attached hydrogen (secondary N) is 1. The molecule has 5 heteroatoms. The molecule has 0 aromatic carbocycles. The van der Waals surface area contributed by atoms with E-state index in [1.807, 2.05) is 0 Å². The summed E-state index contributed by atoms with van der Waals surface area (Å²) >= 11 is 1.43. The van der Waals surface area contributed by atoms with Gasteiger partial charge >= 0.3 is 0 Å². The number of rotatable bonds is 3. The fourth-order valence-corrected chi connectivity index (χ4v) is 4.26. The molecule has 116 valence electrons. The van der Waals surface area contributed by atoms with Gasteiger partial charge in [0.15, 0.2) is 0 Å². The maximum atomic E-state index is 12.3. The van der Waals surface area contributed by atoms with E-state index in [0.29, 0.717) is 16.6 Å². The second kappa shape index (κ2) is 5.23. The molecule has 1 atom stereocenters. The van der Waals surface area contributed by atoms with Crippen LogP contribution in [0.25, 0.3) is 10.2 Å². The van der Waals surface area contributed by atoms with Crippen molar-refractivity contribution in [1.82, 2.24) is 10.3 Å². The minimum Gasteiger partial charge on any atom is -0.397 e. The van der Waals surface area contributed by atoms with E-state index in [1.54, 1.807) is 0 Å². The van der Waals surface area contributed by atoms with Crippen molar-refractivity contribution in [3.8, 4) is 0 Å². The third-order valence-corrected chi connectivity index (χ3v) is 6.00. The van der Waals surface area contributed by atoms with Gasteiger partial charge < -0.3 is 11.1 Å². The van der Waals surface area contributed by atoms with Crippen molar-refractivity contribution in [2.75, 3.05) is 5.73 Å². The first-order valence-electron chi connectivity index (χ1n) is 8.17. The molecule has 2 aliphatic carbocycles. The molecule has 3 N–H and O–H groups in total. The standard InChI is InChI=1S/C17H21N3OS/c1-2-9-3-6-13-10(7-9)8-12-14(18)15(22-17(12)20-13)16(21)19-11-4-5-11/h8-9,11H,2-7,18H2,1H3,(H,19,21). The van der Waals surface area contributed by atoms with Crippen molar-refractivity contribution in [1.29, 1.82) is 0 Å². The number of aromatic nitrogens is 1. The predicted octanol–water partition coefficient (Wildman–Crippen LogP) is 3.29. The Labute approximate surface area is 134 Å². The molecule has 2 aromatic rings. The number of hydrogen-bond donors (Lipinski definition) is 2. The minimum absolute atomic E-state index is 0.0348. The number of hydrogen-bond acceptors (Lipinski definition) is 4. The first-order valence-corrected chi connectivity index (χ1v) is 8.99. The van der Waals surface area contributed by atoms with E-state index >= 15 is 0 Å². The largest absolute Gasteiger partial charge is 0.397 e. The molecule has 0 saturated heterocycles. The van der Waals surface area contributed by atoms with Crippen LogP contribution < -0.4 is 11.1 Å². The van der Waals surface area contributed by atoms with Gasteiger partial charge in [-0.1, -0.05) is 13.3 Å². The van der Waals surface area contributed by atoms with Crippen molar-refractivity contribution in [3.05, 3.63) is 22.2 Å². The molecule has 2 heterocycles. The summed E-state index contributed by atoms with van der Waals surface area (Å²) in [5.74, 6) is 0.719. The van der Waals surface area contributed by atoms with Gasteiger partial charge in [-0.15, -0.1) is 11.3 Å². The lowest BCUT2D eigenvalue weighted by molar-refractivity contribution is 0.0956. The number of anilines is 1. The Morgan fingerprint density at radius 3 is 3.00 bits per heavy atom. The number of carbonyl (C=O) groups is 1. The zero-order chi connectivity index (χ0) is 15.3. The molecule has 1 unspecified atom stereocenters. The number of nitrogen functional groups attached to an aromatic ring is 1. The molecule has 0 radical (unpaired) electrons. The number of nitrogens with zero attached hydrogens (tertiary/aromatic N) is 1. The molecule has 1 amide bonds. The van der Waals surface area contributed by atoms with Crippen LogP contribution >= 0.6 is 11.3 Å². The smallest absolute Gasteiger partial charge is 0.263 e. The lowest BCUT2D eigenvalue weighted by atomic mass is 9.85. The monoisotopic (exact) mass is 315 g/mol. The van der Waals surface area contributed by atoms with E-state index in [9.17, 15) is 4.79 Å². The first kappa shape index (κ1) is 14.0. The van der Waals surface area contributed by atoms with Crippen LogP contribution in [0.15, 0.2) is 6.07 Å². The molecule has 1 saturated carbocycles. The Hall–Kier alpha value is -1.62. The third-order valence-electron chi connectivity index (χ3n) is 4.88. The van der Waals surface area contributed by atoms with Gasteiger partial charge in [0.25, 0.3) is 5.91 Å². The number of aryl methyl sites for hydroxylation is 1. The highest BCUT2D eigenvalue weighted by Crippen LogP contribution is 2.37. The zero-order valence-corrected chi connectivity index (χ0v) is 13.6. The van der Waals surface area contributed by atoms with Crippen molar-refractivity contribution in [2.24, 2.45) is 5.92 Å². The second-order valence-electron chi connectivity index (χ2n) is 6.56. The Balaban J connectivity index is 1.73. The van der Waals surface area contributed by atoms with Crippen LogP contribution in [0.1, 0.15) is 53.5 Å². The van der Waals surface area contributed by atoms with Crippen molar-refractivity contribution in [3.63, 3.8) is 0 Å². The molecule has 22 heavy (non-hydrogen) atoms. The van der Waals surface area contributed by atoms with Crippen molar-refractivity contribution < 1.29 is 4.79 Å². The minimum atomic E-state index is -0.0348. The summed E-state index contributed by atoms with van der Waals surface area (Å²) in [5, 5.41) is 3.98. The summed E-state index contributed by atoms with van der Waals surface area (Å²) in [5.41, 5.74) is 9.37. The molecule has 0 aliphatic heterocycles. The van der Waals surface area contributed by atoms with Crippen LogP contribution in [-0.4, -0.2) is 16.9 Å². The topological polar surface area (TPSA) is 68.0 Å². The fraction of sp³-hybridized carbons (Fsp3) is 0.529. The quantitative estimate of drug-likeness (QED) is 0.913. The number of pyridine rings is 1. The Morgan fingerprint density at radius 2 is 2.27 bits per heavy atom. The average molecular weight is 315 g/mol. The van der Waals surface area contributed by atoms with E-state index in [1.165, 1.54) is 35.4 Å². The Kier molecular flexibility index (Phi) is 3.33. The van der Waals surface area contributed by atoms with Gasteiger partial charge in [0.05, 0.1) is 5.69 Å². The van der Waals surface area contributed by atoms with Gasteiger partial charge in [-0.25, -0.2) is 4.98 Å². The van der Waals surface area contributed by atoms with Gasteiger partial charge in [0.2, 0.25) is 0 Å². The van der Waals surface area contributed by atoms with Crippen LogP contribution in [-0.2, 0) is 12.8 Å². The fourth-order valence-electron chi connectivity index (χ4n) is 3.26. The molecule has 2 aromatic heterocycles. The summed E-state index contributed by atoms with van der Waals surface area (Å²) in [6, 6.07) is 2.53. The number of nitrogens with two attached hydrogens (primary N) is 1. The Morgan fingerprint density at radius 1 is 1.45 bits per heavy atom. The summed E-state index contributed by atoms with van der Waals surface area (Å²) in [6.45, 7) is 2.25. The Bertz CT molecular complexity index is 748. The molecule has 2 aliphatic rings. The first-order chi connectivity index (χ1) is 10.7. The molecular formula is C17H21N3OS. The molecule has 0 bridgehead atoms. The highest BCUT2D eigenvalue weighted by molar-refractivity contribution is 7.21. The SMILES string of the molecule is CCC1CCc2nc3sc(C(=O)NC4CC4)c(N)c3cc2C1. The van der Waals surface area contributed by atoms with Gasteiger partial charge in [-0.05, 0) is 49.7 Å². The number of carbonyl (C=O) groups excluding carboxylic acids is 1. The molecule has 4 nitrogen and oxygen atoms in total. The summed E-state index contributed by atoms with van der Waals surface area (Å²) in [4.78, 5) is 18.6. The van der Waals surface area contributed by atoms with Crippen molar-refractivity contribution >= 4 is 33.1 Å². The van der Waals surface area contributed by atoms with Gasteiger partial charge in [-0.3, -0.25) is 4.79 Å². The lowest BCUT2D eigenvalue weighted by Gasteiger charge is -2.22. The number of amides is 1. The summed E-state index contributed by atoms with van der Waals surface area (Å²) in [6.07, 6.45) is 6.74. The third kappa shape index (κ3) is 2.37. The molecular weight excluding hydrogens is 294 g/mol. The summed E-state index contributed by atoms with van der Waals surface area (Å²) < 4.78 is 0. The normalized spacial score (nSPS) is 20.9. The summed E-state index contributed by atoms with van der Waals surface area (Å²) in [7, 11) is 0.